The van der Waals surface area contributed by atoms with Crippen LogP contribution < -0.4 is 0 Å². The van der Waals surface area contributed by atoms with Crippen molar-refractivity contribution in [3.05, 3.63) is 0 Å². The standard InChI is InChI=1S/C18H38/c1-7-12-13-17(11-5)18(14-8-2,15-9-3)16(6)10-4/h16-17H,7-15H2,1-6H3. The maximum atomic E-state index is 2.51. The predicted molar refractivity (Wildman–Crippen MR) is 85.0 cm³/mol. The van der Waals surface area contributed by atoms with Gasteiger partial charge in [-0.1, -0.05) is 80.1 Å². The Kier molecular flexibility index (Phi) is 9.87. The first-order chi connectivity index (χ1) is 8.62. The van der Waals surface area contributed by atoms with Gasteiger partial charge in [0.05, 0.1) is 0 Å². The van der Waals surface area contributed by atoms with E-state index < -0.39 is 0 Å². The fraction of sp³-hybridized carbons (Fsp3) is 1.00. The minimum atomic E-state index is 0.627. The third kappa shape index (κ3) is 4.59. The molecule has 0 aromatic heterocycles. The van der Waals surface area contributed by atoms with Crippen LogP contribution in [0.5, 0.6) is 0 Å². The summed E-state index contributed by atoms with van der Waals surface area (Å²) < 4.78 is 0. The molecular formula is C18H38. The smallest absolute Gasteiger partial charge is 0.0244 e. The largest absolute Gasteiger partial charge is 0.0654 e. The maximum Gasteiger partial charge on any atom is -0.0244 e. The molecule has 0 spiro atoms. The van der Waals surface area contributed by atoms with Crippen LogP contribution in [-0.2, 0) is 0 Å². The third-order valence-corrected chi connectivity index (χ3v) is 5.24. The molecule has 0 saturated carbocycles. The molecule has 0 rings (SSSR count). The SMILES string of the molecule is CCCCC(CC)C(CCC)(CCC)C(C)CC. The molecule has 0 bridgehead atoms. The molecule has 2 atom stereocenters. The van der Waals surface area contributed by atoms with Gasteiger partial charge in [0.25, 0.3) is 0 Å². The van der Waals surface area contributed by atoms with E-state index in [4.69, 9.17) is 0 Å². The lowest BCUT2D eigenvalue weighted by Gasteiger charge is -2.46. The van der Waals surface area contributed by atoms with E-state index in [1.165, 1.54) is 57.8 Å². The van der Waals surface area contributed by atoms with Gasteiger partial charge in [-0.05, 0) is 36.5 Å². The van der Waals surface area contributed by atoms with Gasteiger partial charge in [-0.15, -0.1) is 0 Å². The van der Waals surface area contributed by atoms with Crippen molar-refractivity contribution in [2.75, 3.05) is 0 Å². The minimum absolute atomic E-state index is 0.627. The van der Waals surface area contributed by atoms with Crippen LogP contribution in [0.1, 0.15) is 99.3 Å². The Balaban J connectivity index is 5.06. The minimum Gasteiger partial charge on any atom is -0.0654 e. The Morgan fingerprint density at radius 1 is 0.778 bits per heavy atom. The van der Waals surface area contributed by atoms with Crippen molar-refractivity contribution in [1.29, 1.82) is 0 Å². The number of hydrogen-bond donors (Lipinski definition) is 0. The highest BCUT2D eigenvalue weighted by molar-refractivity contribution is 4.89. The van der Waals surface area contributed by atoms with Crippen molar-refractivity contribution in [3.8, 4) is 0 Å². The molecule has 0 aromatic carbocycles. The molecule has 0 nitrogen and oxygen atoms in total. The highest BCUT2D eigenvalue weighted by Crippen LogP contribution is 2.49. The molecule has 0 aromatic rings. The Morgan fingerprint density at radius 2 is 1.33 bits per heavy atom. The van der Waals surface area contributed by atoms with Crippen LogP contribution in [0.2, 0.25) is 0 Å². The van der Waals surface area contributed by atoms with Crippen LogP contribution in [0.4, 0.5) is 0 Å². The summed E-state index contributed by atoms with van der Waals surface area (Å²) in [7, 11) is 0. The van der Waals surface area contributed by atoms with Gasteiger partial charge in [0.2, 0.25) is 0 Å². The normalized spacial score (nSPS) is 15.7. The van der Waals surface area contributed by atoms with Crippen molar-refractivity contribution in [2.45, 2.75) is 99.3 Å². The van der Waals surface area contributed by atoms with Crippen LogP contribution in [0, 0.1) is 17.3 Å². The van der Waals surface area contributed by atoms with Crippen LogP contribution in [0.3, 0.4) is 0 Å². The lowest BCUT2D eigenvalue weighted by Crippen LogP contribution is -2.36. The summed E-state index contributed by atoms with van der Waals surface area (Å²) in [6.45, 7) is 14.4. The van der Waals surface area contributed by atoms with Crippen molar-refractivity contribution >= 4 is 0 Å². The average Bonchev–Trinajstić information content (AvgIpc) is 2.38. The zero-order valence-electron chi connectivity index (χ0n) is 14.0. The molecule has 18 heavy (non-hydrogen) atoms. The molecule has 0 N–H and O–H groups in total. The lowest BCUT2D eigenvalue weighted by atomic mass is 9.59. The molecule has 0 heterocycles. The fourth-order valence-corrected chi connectivity index (χ4v) is 4.11. The molecule has 0 amide bonds. The van der Waals surface area contributed by atoms with Gasteiger partial charge in [0.1, 0.15) is 0 Å². The molecule has 0 aliphatic heterocycles. The van der Waals surface area contributed by atoms with Crippen molar-refractivity contribution in [2.24, 2.45) is 17.3 Å². The van der Waals surface area contributed by atoms with Crippen LogP contribution in [-0.4, -0.2) is 0 Å². The molecule has 0 heteroatoms. The van der Waals surface area contributed by atoms with Crippen LogP contribution in [0.15, 0.2) is 0 Å². The number of unbranched alkanes of at least 4 members (excludes halogenated alkanes) is 1. The molecule has 110 valence electrons. The van der Waals surface area contributed by atoms with E-state index in [0.29, 0.717) is 5.41 Å². The first-order valence-corrected chi connectivity index (χ1v) is 8.62. The molecule has 0 aliphatic carbocycles. The highest BCUT2D eigenvalue weighted by atomic mass is 14.4. The van der Waals surface area contributed by atoms with Gasteiger partial charge in [-0.3, -0.25) is 0 Å². The van der Waals surface area contributed by atoms with E-state index in [-0.39, 0.29) is 0 Å². The van der Waals surface area contributed by atoms with Crippen molar-refractivity contribution < 1.29 is 0 Å². The van der Waals surface area contributed by atoms with Gasteiger partial charge >= 0.3 is 0 Å². The topological polar surface area (TPSA) is 0 Å². The van der Waals surface area contributed by atoms with E-state index in [9.17, 15) is 0 Å². The molecule has 2 unspecified atom stereocenters. The van der Waals surface area contributed by atoms with Gasteiger partial charge < -0.3 is 0 Å². The second-order valence-electron chi connectivity index (χ2n) is 6.29. The van der Waals surface area contributed by atoms with E-state index in [1.54, 1.807) is 0 Å². The summed E-state index contributed by atoms with van der Waals surface area (Å²) in [6.07, 6.45) is 12.6. The van der Waals surface area contributed by atoms with Crippen LogP contribution >= 0.6 is 0 Å². The summed E-state index contributed by atoms with van der Waals surface area (Å²) >= 11 is 0. The van der Waals surface area contributed by atoms with Gasteiger partial charge in [-0.25, -0.2) is 0 Å². The Morgan fingerprint density at radius 3 is 1.67 bits per heavy atom. The van der Waals surface area contributed by atoms with Gasteiger partial charge in [0.15, 0.2) is 0 Å². The Labute approximate surface area is 117 Å². The maximum absolute atomic E-state index is 2.51. The summed E-state index contributed by atoms with van der Waals surface area (Å²) in [6, 6.07) is 0. The summed E-state index contributed by atoms with van der Waals surface area (Å²) in [5.74, 6) is 1.84. The molecular weight excluding hydrogens is 216 g/mol. The number of rotatable bonds is 11. The van der Waals surface area contributed by atoms with Gasteiger partial charge in [-0.2, -0.15) is 0 Å². The summed E-state index contributed by atoms with van der Waals surface area (Å²) in [5.41, 5.74) is 0.627. The Bertz CT molecular complexity index is 176. The van der Waals surface area contributed by atoms with E-state index >= 15 is 0 Å². The van der Waals surface area contributed by atoms with E-state index in [2.05, 4.69) is 41.5 Å². The summed E-state index contributed by atoms with van der Waals surface area (Å²) in [5, 5.41) is 0. The zero-order chi connectivity index (χ0) is 14.0. The second-order valence-corrected chi connectivity index (χ2v) is 6.29. The average molecular weight is 255 g/mol. The first kappa shape index (κ1) is 18.0. The van der Waals surface area contributed by atoms with Crippen molar-refractivity contribution in [1.82, 2.24) is 0 Å². The van der Waals surface area contributed by atoms with Gasteiger partial charge in [0, 0.05) is 0 Å². The second kappa shape index (κ2) is 9.87. The number of hydrogen-bond acceptors (Lipinski definition) is 0. The lowest BCUT2D eigenvalue weighted by molar-refractivity contribution is 0.0410. The quantitative estimate of drug-likeness (QED) is 0.379. The predicted octanol–water partition coefficient (Wildman–Crippen LogP) is 6.84. The zero-order valence-corrected chi connectivity index (χ0v) is 14.0. The molecule has 0 aliphatic rings. The monoisotopic (exact) mass is 254 g/mol. The Hall–Kier alpha value is 0. The first-order valence-electron chi connectivity index (χ1n) is 8.62. The molecule has 0 fully saturated rings. The fourth-order valence-electron chi connectivity index (χ4n) is 4.11. The summed E-state index contributed by atoms with van der Waals surface area (Å²) in [4.78, 5) is 0. The van der Waals surface area contributed by atoms with Crippen LogP contribution in [0.25, 0.3) is 0 Å². The molecule has 0 saturated heterocycles. The van der Waals surface area contributed by atoms with Crippen molar-refractivity contribution in [3.63, 3.8) is 0 Å². The highest BCUT2D eigenvalue weighted by Gasteiger charge is 2.39. The van der Waals surface area contributed by atoms with E-state index in [1.807, 2.05) is 0 Å². The third-order valence-electron chi connectivity index (χ3n) is 5.24. The van der Waals surface area contributed by atoms with E-state index in [0.717, 1.165) is 11.8 Å². The molecule has 0 radical (unpaired) electrons.